The second-order valence-corrected chi connectivity index (χ2v) is 4.91. The van der Waals surface area contributed by atoms with Crippen LogP contribution >= 0.6 is 0 Å². The van der Waals surface area contributed by atoms with E-state index in [4.69, 9.17) is 4.74 Å². The van der Waals surface area contributed by atoms with E-state index in [9.17, 15) is 0 Å². The molecule has 0 aliphatic carbocycles. The second kappa shape index (κ2) is 6.64. The molecule has 1 heterocycles. The number of rotatable bonds is 4. The zero-order valence-corrected chi connectivity index (χ0v) is 11.5. The quantitative estimate of drug-likeness (QED) is 0.886. The smallest absolute Gasteiger partial charge is 0.142 e. The van der Waals surface area contributed by atoms with Crippen LogP contribution in [0.2, 0.25) is 0 Å². The maximum Gasteiger partial charge on any atom is 0.142 e. The van der Waals surface area contributed by atoms with Crippen molar-refractivity contribution in [2.75, 3.05) is 37.7 Å². The molecule has 0 unspecified atom stereocenters. The standard InChI is InChI=1S/C15H24N2O/c1-3-11-18-15-6-5-13(2)12-14(15)17-9-4-7-16-8-10-17/h5-6,12,16H,3-4,7-11H2,1-2H3. The van der Waals surface area contributed by atoms with E-state index >= 15 is 0 Å². The van der Waals surface area contributed by atoms with E-state index in [0.29, 0.717) is 0 Å². The van der Waals surface area contributed by atoms with Crippen LogP contribution in [0.25, 0.3) is 0 Å². The Morgan fingerprint density at radius 3 is 3.00 bits per heavy atom. The lowest BCUT2D eigenvalue weighted by molar-refractivity contribution is 0.317. The molecule has 0 spiro atoms. The topological polar surface area (TPSA) is 24.5 Å². The molecule has 1 N–H and O–H groups in total. The van der Waals surface area contributed by atoms with Crippen LogP contribution < -0.4 is 15.0 Å². The lowest BCUT2D eigenvalue weighted by atomic mass is 10.2. The van der Waals surface area contributed by atoms with Gasteiger partial charge in [0.2, 0.25) is 0 Å². The molecule has 100 valence electrons. The van der Waals surface area contributed by atoms with E-state index in [2.05, 4.69) is 42.3 Å². The Kier molecular flexibility index (Phi) is 4.88. The van der Waals surface area contributed by atoms with Gasteiger partial charge in [0.25, 0.3) is 0 Å². The number of anilines is 1. The molecular weight excluding hydrogens is 224 g/mol. The number of aryl methyl sites for hydroxylation is 1. The monoisotopic (exact) mass is 248 g/mol. The van der Waals surface area contributed by atoms with Gasteiger partial charge in [-0.3, -0.25) is 0 Å². The lowest BCUT2D eigenvalue weighted by Crippen LogP contribution is -2.28. The summed E-state index contributed by atoms with van der Waals surface area (Å²) in [5.74, 6) is 1.03. The number of benzene rings is 1. The molecule has 1 saturated heterocycles. The van der Waals surface area contributed by atoms with Crippen molar-refractivity contribution in [3.05, 3.63) is 23.8 Å². The van der Waals surface area contributed by atoms with Gasteiger partial charge in [0.05, 0.1) is 12.3 Å². The van der Waals surface area contributed by atoms with Crippen LogP contribution in [0.4, 0.5) is 5.69 Å². The molecule has 1 aliphatic heterocycles. The fraction of sp³-hybridized carbons (Fsp3) is 0.600. The highest BCUT2D eigenvalue weighted by Gasteiger charge is 2.14. The highest BCUT2D eigenvalue weighted by Crippen LogP contribution is 2.30. The first kappa shape index (κ1) is 13.2. The summed E-state index contributed by atoms with van der Waals surface area (Å²) in [6.07, 6.45) is 2.25. The van der Waals surface area contributed by atoms with Crippen LogP contribution in [0.3, 0.4) is 0 Å². The number of nitrogens with one attached hydrogen (secondary N) is 1. The molecule has 0 atom stereocenters. The highest BCUT2D eigenvalue weighted by atomic mass is 16.5. The molecule has 1 aromatic carbocycles. The van der Waals surface area contributed by atoms with Crippen molar-refractivity contribution >= 4 is 5.69 Å². The molecule has 0 bridgehead atoms. The van der Waals surface area contributed by atoms with Gasteiger partial charge < -0.3 is 15.0 Å². The molecule has 2 rings (SSSR count). The summed E-state index contributed by atoms with van der Waals surface area (Å²) < 4.78 is 5.87. The van der Waals surface area contributed by atoms with Gasteiger partial charge in [-0.1, -0.05) is 13.0 Å². The summed E-state index contributed by atoms with van der Waals surface area (Å²) >= 11 is 0. The van der Waals surface area contributed by atoms with Gasteiger partial charge in [-0.15, -0.1) is 0 Å². The van der Waals surface area contributed by atoms with E-state index in [1.54, 1.807) is 0 Å². The summed E-state index contributed by atoms with van der Waals surface area (Å²) in [7, 11) is 0. The van der Waals surface area contributed by atoms with Crippen LogP contribution in [0.5, 0.6) is 5.75 Å². The zero-order valence-electron chi connectivity index (χ0n) is 11.5. The summed E-state index contributed by atoms with van der Waals surface area (Å²) in [5, 5.41) is 3.44. The molecular formula is C15H24N2O. The molecule has 1 fully saturated rings. The van der Waals surface area contributed by atoms with Crippen molar-refractivity contribution in [1.82, 2.24) is 5.32 Å². The van der Waals surface area contributed by atoms with Crippen LogP contribution in [0, 0.1) is 6.92 Å². The van der Waals surface area contributed by atoms with Crippen LogP contribution in [0.1, 0.15) is 25.3 Å². The van der Waals surface area contributed by atoms with E-state index in [1.165, 1.54) is 17.7 Å². The zero-order chi connectivity index (χ0) is 12.8. The number of nitrogens with zero attached hydrogens (tertiary/aromatic N) is 1. The highest BCUT2D eigenvalue weighted by molar-refractivity contribution is 5.60. The Morgan fingerprint density at radius 2 is 2.17 bits per heavy atom. The molecule has 18 heavy (non-hydrogen) atoms. The van der Waals surface area contributed by atoms with Crippen molar-refractivity contribution in [1.29, 1.82) is 0 Å². The third-order valence-electron chi connectivity index (χ3n) is 3.26. The van der Waals surface area contributed by atoms with Crippen molar-refractivity contribution in [3.8, 4) is 5.75 Å². The van der Waals surface area contributed by atoms with Crippen LogP contribution in [0.15, 0.2) is 18.2 Å². The maximum atomic E-state index is 5.87. The van der Waals surface area contributed by atoms with Crippen molar-refractivity contribution in [2.24, 2.45) is 0 Å². The lowest BCUT2D eigenvalue weighted by Gasteiger charge is -2.25. The largest absolute Gasteiger partial charge is 0.491 e. The predicted octanol–water partition coefficient (Wildman–Crippen LogP) is 2.58. The minimum absolute atomic E-state index is 0.794. The molecule has 1 aromatic rings. The van der Waals surface area contributed by atoms with Gasteiger partial charge >= 0.3 is 0 Å². The van der Waals surface area contributed by atoms with E-state index in [1.807, 2.05) is 0 Å². The Labute approximate surface area is 110 Å². The van der Waals surface area contributed by atoms with Crippen molar-refractivity contribution in [2.45, 2.75) is 26.7 Å². The van der Waals surface area contributed by atoms with Crippen LogP contribution in [-0.2, 0) is 0 Å². The average Bonchev–Trinajstić information content (AvgIpc) is 2.66. The second-order valence-electron chi connectivity index (χ2n) is 4.91. The van der Waals surface area contributed by atoms with Gasteiger partial charge in [-0.05, 0) is 44.0 Å². The number of hydrogen-bond donors (Lipinski definition) is 1. The predicted molar refractivity (Wildman–Crippen MR) is 76.7 cm³/mol. The van der Waals surface area contributed by atoms with Crippen molar-refractivity contribution in [3.63, 3.8) is 0 Å². The molecule has 0 saturated carbocycles. The Balaban J connectivity index is 2.19. The molecule has 3 heteroatoms. The van der Waals surface area contributed by atoms with E-state index in [0.717, 1.165) is 45.0 Å². The van der Waals surface area contributed by atoms with Gasteiger partial charge in [0, 0.05) is 19.6 Å². The van der Waals surface area contributed by atoms with E-state index in [-0.39, 0.29) is 0 Å². The number of ether oxygens (including phenoxy) is 1. The third kappa shape index (κ3) is 3.39. The summed E-state index contributed by atoms with van der Waals surface area (Å²) in [4.78, 5) is 2.44. The molecule has 0 aromatic heterocycles. The SMILES string of the molecule is CCCOc1ccc(C)cc1N1CCCNCC1. The van der Waals surface area contributed by atoms with Gasteiger partial charge in [-0.25, -0.2) is 0 Å². The summed E-state index contributed by atoms with van der Waals surface area (Å²) in [6, 6.07) is 6.49. The molecule has 3 nitrogen and oxygen atoms in total. The van der Waals surface area contributed by atoms with Crippen molar-refractivity contribution < 1.29 is 4.74 Å². The Morgan fingerprint density at radius 1 is 1.28 bits per heavy atom. The normalized spacial score (nSPS) is 16.4. The fourth-order valence-corrected chi connectivity index (χ4v) is 2.30. The minimum Gasteiger partial charge on any atom is -0.491 e. The Bertz CT molecular complexity index is 371. The average molecular weight is 248 g/mol. The molecule has 0 amide bonds. The molecule has 1 aliphatic rings. The molecule has 0 radical (unpaired) electrons. The minimum atomic E-state index is 0.794. The first-order valence-electron chi connectivity index (χ1n) is 7.00. The summed E-state index contributed by atoms with van der Waals surface area (Å²) in [5.41, 5.74) is 2.55. The fourth-order valence-electron chi connectivity index (χ4n) is 2.30. The number of hydrogen-bond acceptors (Lipinski definition) is 3. The van der Waals surface area contributed by atoms with Gasteiger partial charge in [0.1, 0.15) is 5.75 Å². The first-order chi connectivity index (χ1) is 8.81. The van der Waals surface area contributed by atoms with Crippen LogP contribution in [-0.4, -0.2) is 32.8 Å². The van der Waals surface area contributed by atoms with E-state index < -0.39 is 0 Å². The Hall–Kier alpha value is -1.22. The third-order valence-corrected chi connectivity index (χ3v) is 3.26. The van der Waals surface area contributed by atoms with Gasteiger partial charge in [0.15, 0.2) is 0 Å². The summed E-state index contributed by atoms with van der Waals surface area (Å²) in [6.45, 7) is 9.43. The van der Waals surface area contributed by atoms with Gasteiger partial charge in [-0.2, -0.15) is 0 Å². The first-order valence-corrected chi connectivity index (χ1v) is 7.00. The maximum absolute atomic E-state index is 5.87.